The smallest absolute Gasteiger partial charge is 0.325 e. The van der Waals surface area contributed by atoms with Gasteiger partial charge >= 0.3 is 6.03 Å². The second-order valence-electron chi connectivity index (χ2n) is 5.87. The molecule has 0 spiro atoms. The van der Waals surface area contributed by atoms with Crippen LogP contribution in [0.15, 0.2) is 28.8 Å². The van der Waals surface area contributed by atoms with Crippen molar-refractivity contribution in [1.82, 2.24) is 20.4 Å². The van der Waals surface area contributed by atoms with Crippen molar-refractivity contribution in [2.75, 3.05) is 12.0 Å². The lowest BCUT2D eigenvalue weighted by atomic mass is 10.2. The van der Waals surface area contributed by atoms with E-state index in [9.17, 15) is 18.0 Å². The molecule has 3 amide bonds. The summed E-state index contributed by atoms with van der Waals surface area (Å²) in [6.07, 6.45) is 1.09. The fourth-order valence-corrected chi connectivity index (χ4v) is 3.21. The fraction of sp³-hybridized carbons (Fsp3) is 0.333. The monoisotopic (exact) mass is 398 g/mol. The molecule has 0 aliphatic carbocycles. The number of hydrogen-bond acceptors (Lipinski definition) is 7. The number of benzene rings is 1. The number of sulfone groups is 1. The van der Waals surface area contributed by atoms with Gasteiger partial charge in [0.05, 0.1) is 12.3 Å². The summed E-state index contributed by atoms with van der Waals surface area (Å²) in [5.41, 5.74) is 0.649. The number of aromatic nitrogens is 2. The number of carbonyl (C=O) groups excluding carboxylic acids is 2. The Morgan fingerprint density at radius 2 is 1.96 bits per heavy atom. The van der Waals surface area contributed by atoms with Crippen LogP contribution in [0.1, 0.15) is 12.2 Å². The molecule has 1 fully saturated rings. The van der Waals surface area contributed by atoms with Crippen molar-refractivity contribution in [3.05, 3.63) is 35.1 Å². The normalized spacial score (nSPS) is 17.6. The molecule has 2 aromatic rings. The van der Waals surface area contributed by atoms with Crippen molar-refractivity contribution in [3.63, 3.8) is 0 Å². The maximum Gasteiger partial charge on any atom is 0.325 e. The van der Waals surface area contributed by atoms with Crippen LogP contribution in [0.4, 0.5) is 4.79 Å². The summed E-state index contributed by atoms with van der Waals surface area (Å²) in [6, 6.07) is 5.25. The zero-order chi connectivity index (χ0) is 18.9. The molecule has 0 saturated carbocycles. The van der Waals surface area contributed by atoms with Crippen LogP contribution in [-0.2, 0) is 21.2 Å². The van der Waals surface area contributed by atoms with Crippen molar-refractivity contribution in [2.24, 2.45) is 0 Å². The maximum atomic E-state index is 12.3. The third-order valence-electron chi connectivity index (χ3n) is 3.74. The van der Waals surface area contributed by atoms with Crippen molar-refractivity contribution in [3.8, 4) is 11.5 Å². The van der Waals surface area contributed by atoms with Gasteiger partial charge in [0.25, 0.3) is 11.8 Å². The third kappa shape index (κ3) is 4.20. The highest BCUT2D eigenvalue weighted by atomic mass is 35.5. The lowest BCUT2D eigenvalue weighted by molar-refractivity contribution is -0.128. The molecule has 26 heavy (non-hydrogen) atoms. The van der Waals surface area contributed by atoms with Crippen molar-refractivity contribution in [2.45, 2.75) is 19.0 Å². The zero-order valence-electron chi connectivity index (χ0n) is 13.7. The lowest BCUT2D eigenvalue weighted by Gasteiger charge is -2.10. The van der Waals surface area contributed by atoms with E-state index < -0.39 is 27.8 Å². The molecule has 0 radical (unpaired) electrons. The molecule has 1 aliphatic heterocycles. The Kier molecular flexibility index (Phi) is 4.97. The second-order valence-corrected chi connectivity index (χ2v) is 8.56. The van der Waals surface area contributed by atoms with Gasteiger partial charge in [-0.2, -0.15) is 4.98 Å². The second kappa shape index (κ2) is 7.04. The van der Waals surface area contributed by atoms with E-state index in [1.54, 1.807) is 24.3 Å². The molecule has 1 aromatic carbocycles. The standard InChI is InChI=1S/C15H15ClN4O5S/c1-26(23,24)7-6-11-14(21)20(15(22)17-11)8-12-18-13(25-19-12)9-2-4-10(16)5-3-9/h2-5,11H,6-8H2,1H3,(H,17,22). The van der Waals surface area contributed by atoms with Gasteiger partial charge in [-0.15, -0.1) is 0 Å². The summed E-state index contributed by atoms with van der Waals surface area (Å²) in [5.74, 6) is -0.323. The molecular formula is C15H15ClN4O5S. The summed E-state index contributed by atoms with van der Waals surface area (Å²) in [5, 5.41) is 6.80. The summed E-state index contributed by atoms with van der Waals surface area (Å²) in [7, 11) is -3.23. The predicted octanol–water partition coefficient (Wildman–Crippen LogP) is 1.25. The number of urea groups is 1. The largest absolute Gasteiger partial charge is 0.334 e. The summed E-state index contributed by atoms with van der Waals surface area (Å²) < 4.78 is 27.6. The number of hydrogen-bond donors (Lipinski definition) is 1. The first-order chi connectivity index (χ1) is 12.2. The Hall–Kier alpha value is -2.46. The van der Waals surface area contributed by atoms with Crippen LogP contribution in [-0.4, -0.2) is 53.4 Å². The Morgan fingerprint density at radius 1 is 1.27 bits per heavy atom. The SMILES string of the molecule is CS(=O)(=O)CCC1NC(=O)N(Cc2noc(-c3ccc(Cl)cc3)n2)C1=O. The molecule has 2 heterocycles. The van der Waals surface area contributed by atoms with E-state index in [1.807, 2.05) is 0 Å². The van der Waals surface area contributed by atoms with Gasteiger partial charge in [0, 0.05) is 16.8 Å². The van der Waals surface area contributed by atoms with E-state index >= 15 is 0 Å². The van der Waals surface area contributed by atoms with Gasteiger partial charge < -0.3 is 9.84 Å². The van der Waals surface area contributed by atoms with Crippen LogP contribution in [0.3, 0.4) is 0 Å². The van der Waals surface area contributed by atoms with E-state index in [0.29, 0.717) is 10.6 Å². The van der Waals surface area contributed by atoms with Gasteiger partial charge in [0.15, 0.2) is 5.82 Å². The minimum atomic E-state index is -3.23. The molecule has 3 rings (SSSR count). The predicted molar refractivity (Wildman–Crippen MR) is 91.9 cm³/mol. The van der Waals surface area contributed by atoms with E-state index in [0.717, 1.165) is 11.2 Å². The minimum absolute atomic E-state index is 0.0160. The van der Waals surface area contributed by atoms with Crippen LogP contribution < -0.4 is 5.32 Å². The van der Waals surface area contributed by atoms with Crippen LogP contribution in [0, 0.1) is 0 Å². The first-order valence-electron chi connectivity index (χ1n) is 7.61. The number of rotatable bonds is 6. The topological polar surface area (TPSA) is 122 Å². The molecule has 1 atom stereocenters. The minimum Gasteiger partial charge on any atom is -0.334 e. The first kappa shape index (κ1) is 18.3. The molecule has 1 saturated heterocycles. The van der Waals surface area contributed by atoms with Gasteiger partial charge in [-0.1, -0.05) is 16.8 Å². The van der Waals surface area contributed by atoms with Crippen LogP contribution in [0.25, 0.3) is 11.5 Å². The van der Waals surface area contributed by atoms with Gasteiger partial charge in [-0.05, 0) is 30.7 Å². The van der Waals surface area contributed by atoms with Gasteiger partial charge in [-0.3, -0.25) is 9.69 Å². The number of amides is 3. The Balaban J connectivity index is 1.68. The quantitative estimate of drug-likeness (QED) is 0.726. The van der Waals surface area contributed by atoms with Crippen molar-refractivity contribution < 1.29 is 22.5 Å². The molecule has 1 aromatic heterocycles. The van der Waals surface area contributed by atoms with Crippen LogP contribution in [0.5, 0.6) is 0 Å². The van der Waals surface area contributed by atoms with E-state index in [2.05, 4.69) is 15.5 Å². The highest BCUT2D eigenvalue weighted by Gasteiger charge is 2.38. The van der Waals surface area contributed by atoms with Gasteiger partial charge in [-0.25, -0.2) is 13.2 Å². The van der Waals surface area contributed by atoms with Crippen molar-refractivity contribution >= 4 is 33.4 Å². The number of nitrogens with zero attached hydrogens (tertiary/aromatic N) is 3. The van der Waals surface area contributed by atoms with Crippen LogP contribution in [0.2, 0.25) is 5.02 Å². The highest BCUT2D eigenvalue weighted by molar-refractivity contribution is 7.90. The first-order valence-corrected chi connectivity index (χ1v) is 10.0. The molecular weight excluding hydrogens is 384 g/mol. The molecule has 1 aliphatic rings. The summed E-state index contributed by atoms with van der Waals surface area (Å²) >= 11 is 5.82. The van der Waals surface area contributed by atoms with E-state index in [-0.39, 0.29) is 30.4 Å². The maximum absolute atomic E-state index is 12.3. The average Bonchev–Trinajstić information content (AvgIpc) is 3.13. The van der Waals surface area contributed by atoms with Gasteiger partial charge in [0.2, 0.25) is 0 Å². The third-order valence-corrected chi connectivity index (χ3v) is 4.97. The summed E-state index contributed by atoms with van der Waals surface area (Å²) in [4.78, 5) is 29.4. The molecule has 1 N–H and O–H groups in total. The van der Waals surface area contributed by atoms with E-state index in [1.165, 1.54) is 0 Å². The molecule has 0 bridgehead atoms. The van der Waals surface area contributed by atoms with Crippen LogP contribution >= 0.6 is 11.6 Å². The van der Waals surface area contributed by atoms with Gasteiger partial charge in [0.1, 0.15) is 15.9 Å². The molecule has 9 nitrogen and oxygen atoms in total. The van der Waals surface area contributed by atoms with Crippen molar-refractivity contribution in [1.29, 1.82) is 0 Å². The number of halogens is 1. The average molecular weight is 399 g/mol. The Bertz CT molecular complexity index is 941. The summed E-state index contributed by atoms with van der Waals surface area (Å²) in [6.45, 7) is -0.170. The molecule has 1 unspecified atom stereocenters. The number of nitrogens with one attached hydrogen (secondary N) is 1. The zero-order valence-corrected chi connectivity index (χ0v) is 15.2. The molecule has 138 valence electrons. The number of imide groups is 1. The Labute approximate surface area is 154 Å². The lowest BCUT2D eigenvalue weighted by Crippen LogP contribution is -2.32. The Morgan fingerprint density at radius 3 is 2.62 bits per heavy atom. The fourth-order valence-electron chi connectivity index (χ4n) is 2.42. The number of carbonyl (C=O) groups is 2. The highest BCUT2D eigenvalue weighted by Crippen LogP contribution is 2.21. The van der Waals surface area contributed by atoms with E-state index in [4.69, 9.17) is 16.1 Å². The molecule has 11 heteroatoms.